The first-order valence-electron chi connectivity index (χ1n) is 14.6. The minimum atomic E-state index is -0.350. The van der Waals surface area contributed by atoms with Crippen LogP contribution in [0, 0.1) is 0 Å². The second kappa shape index (κ2) is 26.9. The highest BCUT2D eigenvalue weighted by molar-refractivity contribution is 5.68. The summed E-state index contributed by atoms with van der Waals surface area (Å²) in [6, 6.07) is 0. The number of rotatable bonds is 27. The van der Waals surface area contributed by atoms with Gasteiger partial charge in [-0.25, -0.2) is 0 Å². The van der Waals surface area contributed by atoms with Crippen molar-refractivity contribution in [3.8, 4) is 0 Å². The van der Waals surface area contributed by atoms with Crippen molar-refractivity contribution in [1.29, 1.82) is 0 Å². The molecule has 204 valence electrons. The Balaban J connectivity index is 4.06. The summed E-state index contributed by atoms with van der Waals surface area (Å²) in [6.45, 7) is 3.31. The van der Waals surface area contributed by atoms with Gasteiger partial charge in [0.05, 0.1) is 19.3 Å². The van der Waals surface area contributed by atoms with Crippen LogP contribution in [-0.2, 0) is 14.3 Å². The number of carbonyl (C=O) groups is 1. The third-order valence-electron chi connectivity index (χ3n) is 6.76. The fraction of sp³-hybridized carbons (Fsp3) is 0.966. The van der Waals surface area contributed by atoms with E-state index < -0.39 is 0 Å². The van der Waals surface area contributed by atoms with Crippen LogP contribution in [0.2, 0.25) is 0 Å². The van der Waals surface area contributed by atoms with Gasteiger partial charge in [-0.2, -0.15) is 0 Å². The van der Waals surface area contributed by atoms with Crippen LogP contribution in [0.5, 0.6) is 0 Å². The molecule has 0 fully saturated rings. The fourth-order valence-electron chi connectivity index (χ4n) is 4.46. The molecule has 5 heteroatoms. The van der Waals surface area contributed by atoms with Crippen molar-refractivity contribution in [2.75, 3.05) is 20.3 Å². The summed E-state index contributed by atoms with van der Waals surface area (Å²) in [5, 5.41) is 19.6. The lowest BCUT2D eigenvalue weighted by atomic mass is 9.99. The maximum atomic E-state index is 11.2. The van der Waals surface area contributed by atoms with Crippen LogP contribution in [0.1, 0.15) is 148 Å². The van der Waals surface area contributed by atoms with Crippen molar-refractivity contribution in [3.05, 3.63) is 0 Å². The Labute approximate surface area is 211 Å². The molecule has 5 nitrogen and oxygen atoms in total. The lowest BCUT2D eigenvalue weighted by Gasteiger charge is -2.24. The Hall–Kier alpha value is -0.650. The zero-order valence-corrected chi connectivity index (χ0v) is 22.7. The zero-order valence-electron chi connectivity index (χ0n) is 22.7. The van der Waals surface area contributed by atoms with Gasteiger partial charge in [0, 0.05) is 19.6 Å². The quantitative estimate of drug-likeness (QED) is 0.0928. The molecule has 0 aromatic heterocycles. The Bertz CT molecular complexity index is 415. The molecule has 0 aliphatic heterocycles. The van der Waals surface area contributed by atoms with Crippen LogP contribution < -0.4 is 0 Å². The molecule has 0 aliphatic rings. The van der Waals surface area contributed by atoms with E-state index in [0.29, 0.717) is 13.0 Å². The van der Waals surface area contributed by atoms with Gasteiger partial charge in [-0.05, 0) is 32.1 Å². The Morgan fingerprint density at radius 1 is 0.676 bits per heavy atom. The molecule has 0 bridgehead atoms. The monoisotopic (exact) mass is 486 g/mol. The van der Waals surface area contributed by atoms with Gasteiger partial charge in [0.15, 0.2) is 0 Å². The molecule has 0 aliphatic carbocycles. The summed E-state index contributed by atoms with van der Waals surface area (Å²) in [5.74, 6) is -0.118. The predicted molar refractivity (Wildman–Crippen MR) is 142 cm³/mol. The maximum Gasteiger partial charge on any atom is 0.305 e. The van der Waals surface area contributed by atoms with Gasteiger partial charge in [-0.3, -0.25) is 4.79 Å². The Morgan fingerprint density at radius 3 is 1.76 bits per heavy atom. The summed E-state index contributed by atoms with van der Waals surface area (Å²) < 4.78 is 10.9. The van der Waals surface area contributed by atoms with Gasteiger partial charge in [0.25, 0.3) is 0 Å². The minimum absolute atomic E-state index is 0.0378. The third kappa shape index (κ3) is 23.1. The SMILES string of the molecule is CCCCCCCCC(O)C(CCCCCCCC(=O)OC)OCCCCCCCCCCO. The summed E-state index contributed by atoms with van der Waals surface area (Å²) in [5.41, 5.74) is 0. The summed E-state index contributed by atoms with van der Waals surface area (Å²) in [4.78, 5) is 11.2. The number of aliphatic hydroxyl groups excluding tert-OH is 2. The fourth-order valence-corrected chi connectivity index (χ4v) is 4.46. The van der Waals surface area contributed by atoms with Crippen LogP contribution in [0.3, 0.4) is 0 Å². The number of carbonyl (C=O) groups excluding carboxylic acids is 1. The maximum absolute atomic E-state index is 11.2. The molecule has 0 heterocycles. The van der Waals surface area contributed by atoms with E-state index in [1.54, 1.807) is 0 Å². The number of hydrogen-bond donors (Lipinski definition) is 2. The summed E-state index contributed by atoms with van der Waals surface area (Å²) in [7, 11) is 1.44. The van der Waals surface area contributed by atoms with Crippen molar-refractivity contribution in [1.82, 2.24) is 0 Å². The van der Waals surface area contributed by atoms with Gasteiger partial charge in [-0.15, -0.1) is 0 Å². The van der Waals surface area contributed by atoms with Crippen LogP contribution in [0.25, 0.3) is 0 Å². The average molecular weight is 487 g/mol. The number of aliphatic hydroxyl groups is 2. The molecule has 0 aromatic carbocycles. The third-order valence-corrected chi connectivity index (χ3v) is 6.76. The van der Waals surface area contributed by atoms with Crippen LogP contribution in [0.15, 0.2) is 0 Å². The second-order valence-electron chi connectivity index (χ2n) is 9.97. The molecule has 0 saturated carbocycles. The molecule has 2 N–H and O–H groups in total. The summed E-state index contributed by atoms with van der Waals surface area (Å²) in [6.07, 6.45) is 24.0. The van der Waals surface area contributed by atoms with Gasteiger partial charge in [0.1, 0.15) is 0 Å². The van der Waals surface area contributed by atoms with Gasteiger partial charge >= 0.3 is 5.97 Å². The lowest BCUT2D eigenvalue weighted by Crippen LogP contribution is -2.29. The standard InChI is InChI=1S/C29H58O5/c1-3-4-5-6-12-17-22-27(31)28(23-18-13-11-14-19-24-29(32)33-2)34-26-21-16-10-8-7-9-15-20-25-30/h27-28,30-31H,3-26H2,1-2H3. The van der Waals surface area contributed by atoms with Crippen molar-refractivity contribution < 1.29 is 24.5 Å². The molecular formula is C29H58O5. The van der Waals surface area contributed by atoms with Crippen LogP contribution >= 0.6 is 0 Å². The Kier molecular flexibility index (Phi) is 26.4. The molecule has 0 rings (SSSR count). The van der Waals surface area contributed by atoms with E-state index in [1.165, 1.54) is 71.3 Å². The molecular weight excluding hydrogens is 428 g/mol. The van der Waals surface area contributed by atoms with Gasteiger partial charge in [0.2, 0.25) is 0 Å². The molecule has 0 radical (unpaired) electrons. The van der Waals surface area contributed by atoms with Crippen LogP contribution in [0.4, 0.5) is 0 Å². The first-order chi connectivity index (χ1) is 16.7. The zero-order chi connectivity index (χ0) is 25.1. The lowest BCUT2D eigenvalue weighted by molar-refractivity contribution is -0.140. The first-order valence-corrected chi connectivity index (χ1v) is 14.6. The molecule has 0 amide bonds. The topological polar surface area (TPSA) is 76.0 Å². The predicted octanol–water partition coefficient (Wildman–Crippen LogP) is 7.50. The smallest absolute Gasteiger partial charge is 0.305 e. The number of hydrogen-bond acceptors (Lipinski definition) is 5. The van der Waals surface area contributed by atoms with Crippen molar-refractivity contribution in [2.24, 2.45) is 0 Å². The van der Waals surface area contributed by atoms with E-state index in [1.807, 2.05) is 0 Å². The van der Waals surface area contributed by atoms with Gasteiger partial charge in [-0.1, -0.05) is 110 Å². The van der Waals surface area contributed by atoms with E-state index in [9.17, 15) is 9.90 Å². The summed E-state index contributed by atoms with van der Waals surface area (Å²) >= 11 is 0. The number of unbranched alkanes of at least 4 members (excludes halogenated alkanes) is 16. The number of ether oxygens (including phenoxy) is 2. The molecule has 2 atom stereocenters. The Morgan fingerprint density at radius 2 is 1.18 bits per heavy atom. The van der Waals surface area contributed by atoms with E-state index >= 15 is 0 Å². The van der Waals surface area contributed by atoms with Crippen molar-refractivity contribution in [3.63, 3.8) is 0 Å². The highest BCUT2D eigenvalue weighted by Crippen LogP contribution is 2.18. The van der Waals surface area contributed by atoms with E-state index in [0.717, 1.165) is 77.2 Å². The molecule has 0 spiro atoms. The van der Waals surface area contributed by atoms with E-state index in [-0.39, 0.29) is 18.2 Å². The largest absolute Gasteiger partial charge is 0.469 e. The molecule has 0 aromatic rings. The highest BCUT2D eigenvalue weighted by Gasteiger charge is 2.19. The molecule has 0 saturated heterocycles. The van der Waals surface area contributed by atoms with Crippen LogP contribution in [-0.4, -0.2) is 48.7 Å². The van der Waals surface area contributed by atoms with E-state index in [4.69, 9.17) is 14.6 Å². The van der Waals surface area contributed by atoms with Gasteiger partial charge < -0.3 is 19.7 Å². The number of methoxy groups -OCH3 is 1. The minimum Gasteiger partial charge on any atom is -0.469 e. The number of esters is 1. The van der Waals surface area contributed by atoms with Crippen molar-refractivity contribution in [2.45, 2.75) is 160 Å². The normalized spacial score (nSPS) is 13.2. The second-order valence-corrected chi connectivity index (χ2v) is 9.97. The first kappa shape index (κ1) is 33.4. The molecule has 2 unspecified atom stereocenters. The van der Waals surface area contributed by atoms with Crippen molar-refractivity contribution >= 4 is 5.97 Å². The highest BCUT2D eigenvalue weighted by atomic mass is 16.5. The molecule has 34 heavy (non-hydrogen) atoms. The van der Waals surface area contributed by atoms with E-state index in [2.05, 4.69) is 6.92 Å². The average Bonchev–Trinajstić information content (AvgIpc) is 2.84.